The minimum atomic E-state index is -1.10. The predicted molar refractivity (Wildman–Crippen MR) is 37.8 cm³/mol. The Kier molecular flexibility index (Phi) is 1.31. The number of likely N-dealkylation sites (tertiary alicyclic amines) is 1. The molecule has 5 heteroatoms. The van der Waals surface area contributed by atoms with E-state index in [0.717, 1.165) is 11.3 Å². The second kappa shape index (κ2) is 2.12. The number of piperidine rings is 1. The van der Waals surface area contributed by atoms with Gasteiger partial charge >= 0.3 is 12.1 Å². The molecule has 3 atom stereocenters. The third kappa shape index (κ3) is 0.855. The van der Waals surface area contributed by atoms with Crippen LogP contribution in [0.2, 0.25) is 0 Å². The number of nitrogens with zero attached hydrogens (tertiary/aromatic N) is 1. The maximum atomic E-state index is 10.6. The van der Waals surface area contributed by atoms with Gasteiger partial charge < -0.3 is 10.2 Å². The zero-order valence-corrected chi connectivity index (χ0v) is 6.30. The molecule has 1 aliphatic heterocycles. The highest BCUT2D eigenvalue weighted by Gasteiger charge is 2.56. The van der Waals surface area contributed by atoms with E-state index < -0.39 is 18.1 Å². The summed E-state index contributed by atoms with van der Waals surface area (Å²) in [7, 11) is 0. The molecule has 2 fully saturated rings. The zero-order valence-electron chi connectivity index (χ0n) is 6.30. The summed E-state index contributed by atoms with van der Waals surface area (Å²) in [6, 6.07) is -0.810. The van der Waals surface area contributed by atoms with Gasteiger partial charge in [-0.3, -0.25) is 4.90 Å². The van der Waals surface area contributed by atoms with Gasteiger partial charge in [-0.1, -0.05) is 0 Å². The molecule has 0 aromatic heterocycles. The predicted octanol–water partition coefficient (Wildman–Crippen LogP) is 0.212. The molecule has 1 heterocycles. The number of carboxylic acids is 1. The highest BCUT2D eigenvalue weighted by Crippen LogP contribution is 2.47. The van der Waals surface area contributed by atoms with Crippen LogP contribution < -0.4 is 0 Å². The van der Waals surface area contributed by atoms with Gasteiger partial charge in [0.1, 0.15) is 6.04 Å². The van der Waals surface area contributed by atoms with Crippen molar-refractivity contribution < 1.29 is 19.8 Å². The first-order valence-corrected chi connectivity index (χ1v) is 3.85. The van der Waals surface area contributed by atoms with Crippen LogP contribution in [0, 0.1) is 5.92 Å². The van der Waals surface area contributed by atoms with Crippen LogP contribution in [0.25, 0.3) is 0 Å². The molecule has 12 heavy (non-hydrogen) atoms. The van der Waals surface area contributed by atoms with Crippen LogP contribution >= 0.6 is 0 Å². The minimum Gasteiger partial charge on any atom is -0.480 e. The molecule has 1 amide bonds. The summed E-state index contributed by atoms with van der Waals surface area (Å²) < 4.78 is 0. The fourth-order valence-corrected chi connectivity index (χ4v) is 1.95. The Morgan fingerprint density at radius 2 is 1.92 bits per heavy atom. The summed E-state index contributed by atoms with van der Waals surface area (Å²) >= 11 is 0. The van der Waals surface area contributed by atoms with Crippen molar-refractivity contribution in [3.05, 3.63) is 0 Å². The molecule has 2 N–H and O–H groups in total. The van der Waals surface area contributed by atoms with E-state index in [1.807, 2.05) is 0 Å². The van der Waals surface area contributed by atoms with Crippen molar-refractivity contribution in [3.8, 4) is 0 Å². The molecular formula is C7H9NO4. The van der Waals surface area contributed by atoms with Crippen LogP contribution in [0.4, 0.5) is 4.79 Å². The zero-order chi connectivity index (χ0) is 8.88. The first kappa shape index (κ1) is 7.39. The smallest absolute Gasteiger partial charge is 0.408 e. The summed E-state index contributed by atoms with van der Waals surface area (Å²) in [4.78, 5) is 22.3. The van der Waals surface area contributed by atoms with E-state index in [9.17, 15) is 9.59 Å². The molecule has 0 spiro atoms. The van der Waals surface area contributed by atoms with E-state index in [-0.39, 0.29) is 6.04 Å². The summed E-state index contributed by atoms with van der Waals surface area (Å²) in [6.07, 6.45) is 0.231. The Morgan fingerprint density at radius 1 is 1.25 bits per heavy atom. The summed E-state index contributed by atoms with van der Waals surface area (Å²) in [5, 5.41) is 17.4. The highest BCUT2D eigenvalue weighted by molar-refractivity contribution is 5.81. The Morgan fingerprint density at radius 3 is 2.33 bits per heavy atom. The Balaban J connectivity index is 2.16. The molecule has 0 radical (unpaired) electrons. The molecule has 5 nitrogen and oxygen atoms in total. The van der Waals surface area contributed by atoms with E-state index in [2.05, 4.69) is 0 Å². The van der Waals surface area contributed by atoms with Crippen LogP contribution in [0.3, 0.4) is 0 Å². The maximum Gasteiger partial charge on any atom is 0.408 e. The van der Waals surface area contributed by atoms with Gasteiger partial charge in [-0.2, -0.15) is 0 Å². The fraction of sp³-hybridized carbons (Fsp3) is 0.714. The van der Waals surface area contributed by atoms with Gasteiger partial charge in [0, 0.05) is 6.04 Å². The lowest BCUT2D eigenvalue weighted by Gasteiger charge is -2.20. The van der Waals surface area contributed by atoms with Crippen LogP contribution in [0.1, 0.15) is 12.8 Å². The molecule has 2 rings (SSSR count). The van der Waals surface area contributed by atoms with Crippen LogP contribution in [-0.4, -0.2) is 39.3 Å². The Hall–Kier alpha value is -1.26. The lowest BCUT2D eigenvalue weighted by Crippen LogP contribution is -2.42. The summed E-state index contributed by atoms with van der Waals surface area (Å²) in [5.74, 6) is -0.716. The van der Waals surface area contributed by atoms with Crippen molar-refractivity contribution in [2.24, 2.45) is 5.92 Å². The maximum absolute atomic E-state index is 10.6. The summed E-state index contributed by atoms with van der Waals surface area (Å²) in [5.41, 5.74) is 0. The molecule has 2 aliphatic rings. The number of carbonyl (C=O) groups is 2. The lowest BCUT2D eigenvalue weighted by atomic mass is 10.2. The molecule has 1 saturated heterocycles. The first-order valence-electron chi connectivity index (χ1n) is 3.85. The largest absolute Gasteiger partial charge is 0.480 e. The normalized spacial score (nSPS) is 37.7. The number of rotatable bonds is 1. The number of hydrogen-bond donors (Lipinski definition) is 2. The SMILES string of the molecule is O=C(O)[C@@H]1C[C@@H]2C[C@@H]2N1C(=O)O. The van der Waals surface area contributed by atoms with Gasteiger partial charge in [0.15, 0.2) is 0 Å². The molecule has 0 bridgehead atoms. The minimum absolute atomic E-state index is 0.0106. The fourth-order valence-electron chi connectivity index (χ4n) is 1.95. The third-order valence-corrected chi connectivity index (χ3v) is 2.61. The highest BCUT2D eigenvalue weighted by atomic mass is 16.4. The van der Waals surface area contributed by atoms with Crippen LogP contribution in [-0.2, 0) is 4.79 Å². The topological polar surface area (TPSA) is 77.8 Å². The first-order chi connectivity index (χ1) is 5.61. The third-order valence-electron chi connectivity index (χ3n) is 2.61. The van der Waals surface area contributed by atoms with Crippen molar-refractivity contribution in [2.75, 3.05) is 0 Å². The number of amides is 1. The van der Waals surface area contributed by atoms with Crippen molar-refractivity contribution in [1.82, 2.24) is 4.90 Å². The van der Waals surface area contributed by atoms with E-state index in [4.69, 9.17) is 10.2 Å². The molecule has 1 aliphatic carbocycles. The lowest BCUT2D eigenvalue weighted by molar-refractivity contribution is -0.142. The molecule has 0 aromatic carbocycles. The van der Waals surface area contributed by atoms with Crippen LogP contribution in [0.15, 0.2) is 0 Å². The van der Waals surface area contributed by atoms with E-state index >= 15 is 0 Å². The van der Waals surface area contributed by atoms with Gasteiger partial charge in [-0.15, -0.1) is 0 Å². The molecular weight excluding hydrogens is 162 g/mol. The monoisotopic (exact) mass is 171 g/mol. The average molecular weight is 171 g/mol. The number of aliphatic carboxylic acids is 1. The average Bonchev–Trinajstić information content (AvgIpc) is 2.60. The van der Waals surface area contributed by atoms with Crippen molar-refractivity contribution >= 4 is 12.1 Å². The van der Waals surface area contributed by atoms with E-state index in [0.29, 0.717) is 12.3 Å². The molecule has 1 saturated carbocycles. The van der Waals surface area contributed by atoms with Gasteiger partial charge in [-0.25, -0.2) is 9.59 Å². The standard InChI is InChI=1S/C7H9NO4/c9-6(10)5-2-3-1-4(3)8(5)7(11)12/h3-5H,1-2H2,(H,9,10)(H,11,12)/t3-,4-,5-/m0/s1. The number of carboxylic acid groups (broad SMARTS) is 2. The number of hydrogen-bond acceptors (Lipinski definition) is 2. The second-order valence-corrected chi connectivity index (χ2v) is 3.34. The van der Waals surface area contributed by atoms with Crippen molar-refractivity contribution in [3.63, 3.8) is 0 Å². The van der Waals surface area contributed by atoms with Gasteiger partial charge in [0.2, 0.25) is 0 Å². The van der Waals surface area contributed by atoms with Crippen molar-refractivity contribution in [2.45, 2.75) is 24.9 Å². The molecule has 0 aromatic rings. The van der Waals surface area contributed by atoms with Gasteiger partial charge in [0.25, 0.3) is 0 Å². The molecule has 66 valence electrons. The van der Waals surface area contributed by atoms with Crippen LogP contribution in [0.5, 0.6) is 0 Å². The quantitative estimate of drug-likeness (QED) is 0.591. The Bertz CT molecular complexity index is 252. The van der Waals surface area contributed by atoms with E-state index in [1.54, 1.807) is 0 Å². The van der Waals surface area contributed by atoms with Gasteiger partial charge in [-0.05, 0) is 18.8 Å². The number of fused-ring (bicyclic) bond motifs is 1. The Labute approximate surface area is 68.6 Å². The van der Waals surface area contributed by atoms with E-state index in [1.165, 1.54) is 0 Å². The molecule has 0 unspecified atom stereocenters. The summed E-state index contributed by atoms with van der Waals surface area (Å²) in [6.45, 7) is 0. The second-order valence-electron chi connectivity index (χ2n) is 3.34. The van der Waals surface area contributed by atoms with Gasteiger partial charge in [0.05, 0.1) is 0 Å². The van der Waals surface area contributed by atoms with Crippen molar-refractivity contribution in [1.29, 1.82) is 0 Å².